The van der Waals surface area contributed by atoms with Crippen molar-refractivity contribution in [1.29, 1.82) is 0 Å². The fourth-order valence-corrected chi connectivity index (χ4v) is 3.28. The standard InChI is InChI=1S/C24H23ClN4O4/c1-15-3-5-17(6-4-15)13-29-23(25)20(16(2)28-29)11-12-22(31)33-14-21(30)27-19-9-7-18(8-10-19)24(26)32/h3-12H,13-14H2,1-2H3,(H2,26,32)(H,27,30)/b12-11+. The zero-order valence-electron chi connectivity index (χ0n) is 18.2. The number of rotatable bonds is 8. The summed E-state index contributed by atoms with van der Waals surface area (Å²) in [6, 6.07) is 14.1. The lowest BCUT2D eigenvalue weighted by molar-refractivity contribution is -0.142. The SMILES string of the molecule is Cc1ccc(Cn2nc(C)c(/C=C/C(=O)OCC(=O)Nc3ccc(C(N)=O)cc3)c2Cl)cc1. The normalized spacial score (nSPS) is 10.9. The maximum atomic E-state index is 12.0. The maximum Gasteiger partial charge on any atom is 0.331 e. The predicted molar refractivity (Wildman–Crippen MR) is 126 cm³/mol. The van der Waals surface area contributed by atoms with Crippen molar-refractivity contribution in [3.63, 3.8) is 0 Å². The molecule has 9 heteroatoms. The van der Waals surface area contributed by atoms with Crippen molar-refractivity contribution in [2.45, 2.75) is 20.4 Å². The van der Waals surface area contributed by atoms with Gasteiger partial charge in [0, 0.05) is 22.9 Å². The summed E-state index contributed by atoms with van der Waals surface area (Å²) >= 11 is 6.45. The highest BCUT2D eigenvalue weighted by Gasteiger charge is 2.13. The Hall–Kier alpha value is -3.91. The molecule has 2 amide bonds. The van der Waals surface area contributed by atoms with E-state index in [-0.39, 0.29) is 0 Å². The highest BCUT2D eigenvalue weighted by molar-refractivity contribution is 6.31. The summed E-state index contributed by atoms with van der Waals surface area (Å²) in [5.41, 5.74) is 9.41. The van der Waals surface area contributed by atoms with Crippen molar-refractivity contribution in [2.75, 3.05) is 11.9 Å². The Morgan fingerprint density at radius 2 is 1.76 bits per heavy atom. The third kappa shape index (κ3) is 6.54. The van der Waals surface area contributed by atoms with Crippen LogP contribution in [0.3, 0.4) is 0 Å². The van der Waals surface area contributed by atoms with Gasteiger partial charge in [0.15, 0.2) is 6.61 Å². The zero-order valence-corrected chi connectivity index (χ0v) is 18.9. The summed E-state index contributed by atoms with van der Waals surface area (Å²) in [7, 11) is 0. The van der Waals surface area contributed by atoms with Crippen molar-refractivity contribution in [2.24, 2.45) is 5.73 Å². The number of ether oxygens (including phenoxy) is 1. The predicted octanol–water partition coefficient (Wildman–Crippen LogP) is 3.50. The largest absolute Gasteiger partial charge is 0.452 e. The number of hydrogen-bond donors (Lipinski definition) is 2. The molecule has 170 valence electrons. The molecule has 3 rings (SSSR count). The molecule has 2 aromatic carbocycles. The molecule has 1 heterocycles. The number of benzene rings is 2. The zero-order chi connectivity index (χ0) is 24.0. The van der Waals surface area contributed by atoms with Gasteiger partial charge in [0.2, 0.25) is 5.91 Å². The molecule has 0 aliphatic rings. The van der Waals surface area contributed by atoms with Gasteiger partial charge < -0.3 is 15.8 Å². The number of aromatic nitrogens is 2. The van der Waals surface area contributed by atoms with Gasteiger partial charge in [-0.25, -0.2) is 9.48 Å². The smallest absolute Gasteiger partial charge is 0.331 e. The molecule has 0 aliphatic carbocycles. The topological polar surface area (TPSA) is 116 Å². The van der Waals surface area contributed by atoms with Gasteiger partial charge in [-0.15, -0.1) is 0 Å². The Morgan fingerprint density at radius 1 is 1.09 bits per heavy atom. The minimum absolute atomic E-state index is 0.320. The molecule has 3 N–H and O–H groups in total. The first-order valence-electron chi connectivity index (χ1n) is 10.1. The van der Waals surface area contributed by atoms with Gasteiger partial charge in [0.1, 0.15) is 5.15 Å². The van der Waals surface area contributed by atoms with Crippen LogP contribution in [0.15, 0.2) is 54.6 Å². The van der Waals surface area contributed by atoms with E-state index < -0.39 is 24.4 Å². The second-order valence-electron chi connectivity index (χ2n) is 7.36. The minimum Gasteiger partial charge on any atom is -0.452 e. The van der Waals surface area contributed by atoms with E-state index in [0.29, 0.717) is 34.2 Å². The molecule has 0 bridgehead atoms. The van der Waals surface area contributed by atoms with Crippen LogP contribution in [0.1, 0.15) is 32.7 Å². The van der Waals surface area contributed by atoms with Crippen LogP contribution in [-0.4, -0.2) is 34.2 Å². The van der Waals surface area contributed by atoms with Crippen molar-refractivity contribution >= 4 is 41.1 Å². The second kappa shape index (κ2) is 10.6. The number of aryl methyl sites for hydroxylation is 2. The van der Waals surface area contributed by atoms with Gasteiger partial charge in [-0.3, -0.25) is 9.59 Å². The van der Waals surface area contributed by atoms with Gasteiger partial charge in [-0.2, -0.15) is 5.10 Å². The van der Waals surface area contributed by atoms with Gasteiger partial charge in [-0.05, 0) is 49.8 Å². The Balaban J connectivity index is 1.54. The molecule has 1 aromatic heterocycles. The van der Waals surface area contributed by atoms with Gasteiger partial charge in [-0.1, -0.05) is 41.4 Å². The van der Waals surface area contributed by atoms with Crippen LogP contribution in [0.5, 0.6) is 0 Å². The van der Waals surface area contributed by atoms with E-state index >= 15 is 0 Å². The van der Waals surface area contributed by atoms with E-state index in [0.717, 1.165) is 5.56 Å². The van der Waals surface area contributed by atoms with E-state index in [1.807, 2.05) is 31.2 Å². The summed E-state index contributed by atoms with van der Waals surface area (Å²) in [6.07, 6.45) is 2.71. The highest BCUT2D eigenvalue weighted by atomic mass is 35.5. The molecule has 0 fully saturated rings. The van der Waals surface area contributed by atoms with Crippen LogP contribution < -0.4 is 11.1 Å². The molecule has 8 nitrogen and oxygen atoms in total. The van der Waals surface area contributed by atoms with Crippen LogP contribution in [0, 0.1) is 13.8 Å². The van der Waals surface area contributed by atoms with Crippen molar-refractivity contribution in [3.8, 4) is 0 Å². The average Bonchev–Trinajstić information content (AvgIpc) is 3.05. The number of nitrogens with one attached hydrogen (secondary N) is 1. The first-order chi connectivity index (χ1) is 15.7. The molecule has 0 unspecified atom stereocenters. The number of carbonyl (C=O) groups excluding carboxylic acids is 3. The fourth-order valence-electron chi connectivity index (χ4n) is 2.98. The Kier molecular flexibility index (Phi) is 7.63. The van der Waals surface area contributed by atoms with E-state index in [1.165, 1.54) is 42.0 Å². The molecule has 0 saturated carbocycles. The second-order valence-corrected chi connectivity index (χ2v) is 7.72. The number of amides is 2. The van der Waals surface area contributed by atoms with Crippen molar-refractivity contribution < 1.29 is 19.1 Å². The summed E-state index contributed by atoms with van der Waals surface area (Å²) in [6.45, 7) is 3.83. The van der Waals surface area contributed by atoms with Crippen LogP contribution in [0.25, 0.3) is 6.08 Å². The van der Waals surface area contributed by atoms with Crippen LogP contribution >= 0.6 is 11.6 Å². The number of halogens is 1. The fraction of sp³-hybridized carbons (Fsp3) is 0.167. The minimum atomic E-state index is -0.698. The lowest BCUT2D eigenvalue weighted by Crippen LogP contribution is -2.20. The number of carbonyl (C=O) groups is 3. The quantitative estimate of drug-likeness (QED) is 0.389. The molecule has 0 spiro atoms. The van der Waals surface area contributed by atoms with E-state index in [4.69, 9.17) is 22.1 Å². The number of nitrogens with two attached hydrogens (primary N) is 1. The molecule has 0 atom stereocenters. The summed E-state index contributed by atoms with van der Waals surface area (Å²) in [5.74, 6) is -1.79. The number of hydrogen-bond acceptors (Lipinski definition) is 5. The summed E-state index contributed by atoms with van der Waals surface area (Å²) in [5, 5.41) is 7.39. The van der Waals surface area contributed by atoms with Gasteiger partial charge in [0.25, 0.3) is 5.91 Å². The van der Waals surface area contributed by atoms with E-state index in [9.17, 15) is 14.4 Å². The molecular formula is C24H23ClN4O4. The number of anilines is 1. The monoisotopic (exact) mass is 466 g/mol. The van der Waals surface area contributed by atoms with Crippen molar-refractivity contribution in [3.05, 3.63) is 87.7 Å². The third-order valence-electron chi connectivity index (χ3n) is 4.75. The molecule has 0 aliphatic heterocycles. The molecule has 33 heavy (non-hydrogen) atoms. The Labute approximate surface area is 196 Å². The Morgan fingerprint density at radius 3 is 2.39 bits per heavy atom. The average molecular weight is 467 g/mol. The summed E-state index contributed by atoms with van der Waals surface area (Å²) in [4.78, 5) is 35.1. The first-order valence-corrected chi connectivity index (χ1v) is 10.4. The van der Waals surface area contributed by atoms with Crippen LogP contribution in [0.2, 0.25) is 5.15 Å². The maximum absolute atomic E-state index is 12.0. The number of primary amides is 1. The highest BCUT2D eigenvalue weighted by Crippen LogP contribution is 2.22. The molecule has 0 saturated heterocycles. The van der Waals surface area contributed by atoms with E-state index in [1.54, 1.807) is 11.6 Å². The molecule has 3 aromatic rings. The van der Waals surface area contributed by atoms with Crippen LogP contribution in [-0.2, 0) is 20.9 Å². The van der Waals surface area contributed by atoms with Gasteiger partial charge in [0.05, 0.1) is 12.2 Å². The Bertz CT molecular complexity index is 1200. The van der Waals surface area contributed by atoms with Gasteiger partial charge >= 0.3 is 5.97 Å². The number of nitrogens with zero attached hydrogens (tertiary/aromatic N) is 2. The summed E-state index contributed by atoms with van der Waals surface area (Å²) < 4.78 is 6.63. The van der Waals surface area contributed by atoms with E-state index in [2.05, 4.69) is 10.4 Å². The molecule has 0 radical (unpaired) electrons. The number of esters is 1. The lowest BCUT2D eigenvalue weighted by atomic mass is 10.1. The molecular weight excluding hydrogens is 444 g/mol. The van der Waals surface area contributed by atoms with Crippen molar-refractivity contribution in [1.82, 2.24) is 9.78 Å². The van der Waals surface area contributed by atoms with Crippen LogP contribution in [0.4, 0.5) is 5.69 Å². The third-order valence-corrected chi connectivity index (χ3v) is 5.15. The first kappa shape index (κ1) is 23.7. The lowest BCUT2D eigenvalue weighted by Gasteiger charge is -2.06.